The van der Waals surface area contributed by atoms with Crippen molar-refractivity contribution >= 4 is 15.6 Å². The minimum absolute atomic E-state index is 0.875. The highest BCUT2D eigenvalue weighted by molar-refractivity contribution is 7.46. The highest BCUT2D eigenvalue weighted by Crippen LogP contribution is 2.42. The zero-order valence-electron chi connectivity index (χ0n) is 10.2. The van der Waals surface area contributed by atoms with Gasteiger partial charge >= 0.3 is 15.6 Å². The summed E-state index contributed by atoms with van der Waals surface area (Å²) in [5, 5.41) is 37.1. The number of phosphoric acid groups is 1. The molecule has 0 bridgehead atoms. The Bertz CT molecular complexity index is 454. The highest BCUT2D eigenvalue weighted by Gasteiger charge is 2.55. The second-order valence-electron chi connectivity index (χ2n) is 4.07. The van der Waals surface area contributed by atoms with Gasteiger partial charge in [-0.2, -0.15) is 0 Å². The van der Waals surface area contributed by atoms with Gasteiger partial charge in [0.2, 0.25) is 5.79 Å². The first-order valence-corrected chi connectivity index (χ1v) is 8.25. The van der Waals surface area contributed by atoms with Gasteiger partial charge in [0.1, 0.15) is 24.9 Å². The van der Waals surface area contributed by atoms with Crippen LogP contribution in [0.1, 0.15) is 0 Å². The average molecular weight is 357 g/mol. The molecule has 0 spiro atoms. The van der Waals surface area contributed by atoms with Gasteiger partial charge in [0.15, 0.2) is 0 Å². The number of aliphatic hydroxyl groups excluding tert-OH is 2. The molecule has 4 atom stereocenters. The van der Waals surface area contributed by atoms with E-state index in [0.29, 0.717) is 0 Å². The van der Waals surface area contributed by atoms with E-state index in [2.05, 4.69) is 13.4 Å². The van der Waals surface area contributed by atoms with Crippen molar-refractivity contribution < 1.29 is 62.8 Å². The third kappa shape index (κ3) is 5.30. The molecule has 1 fully saturated rings. The molecule has 1 aliphatic rings. The predicted octanol–water partition coefficient (Wildman–Crippen LogP) is -2.98. The van der Waals surface area contributed by atoms with Crippen molar-refractivity contribution in [1.29, 1.82) is 0 Å². The normalized spacial score (nSPS) is 34.2. The molecular formula is C6H15O13P2+. The number of phosphoric ester groups is 1. The molecular weight excluding hydrogens is 342 g/mol. The van der Waals surface area contributed by atoms with Crippen molar-refractivity contribution in [1.82, 2.24) is 0 Å². The van der Waals surface area contributed by atoms with E-state index in [1.807, 2.05) is 0 Å². The van der Waals surface area contributed by atoms with Crippen molar-refractivity contribution in [2.24, 2.45) is 0 Å². The maximum absolute atomic E-state index is 10.5. The van der Waals surface area contributed by atoms with Crippen molar-refractivity contribution in [2.75, 3.05) is 13.2 Å². The third-order valence-electron chi connectivity index (χ3n) is 2.47. The Kier molecular flexibility index (Phi) is 6.03. The fourth-order valence-electron chi connectivity index (χ4n) is 1.49. The molecule has 0 saturated carbocycles. The molecule has 0 unspecified atom stereocenters. The molecule has 0 aliphatic carbocycles. The van der Waals surface area contributed by atoms with Crippen LogP contribution in [0.2, 0.25) is 0 Å². The second-order valence-corrected chi connectivity index (χ2v) is 6.71. The molecule has 21 heavy (non-hydrogen) atoms. The van der Waals surface area contributed by atoms with E-state index < -0.39 is 53.0 Å². The van der Waals surface area contributed by atoms with Crippen LogP contribution < -0.4 is 0 Å². The van der Waals surface area contributed by atoms with E-state index >= 15 is 0 Å². The summed E-state index contributed by atoms with van der Waals surface area (Å²) in [4.78, 5) is 34.7. The standard InChI is InChI=1S/C6H14O13P2/c7-4-3(1-16-20(11,12)13)18-6(9,5(4)8)2-17-21(14,15)19-10/h3-5,7-10H,1-2H2,(H3-,11,12,13,14,15)/p+1/t3-,4-,5+,6-/m1/s1. The molecule has 1 heterocycles. The van der Waals surface area contributed by atoms with Gasteiger partial charge < -0.3 is 29.8 Å². The summed E-state index contributed by atoms with van der Waals surface area (Å²) in [7, 11) is -9.53. The Labute approximate surface area is 117 Å². The molecule has 15 heteroatoms. The van der Waals surface area contributed by atoms with Gasteiger partial charge in [-0.15, -0.1) is 0 Å². The lowest BCUT2D eigenvalue weighted by atomic mass is 10.1. The van der Waals surface area contributed by atoms with Crippen molar-refractivity contribution in [3.05, 3.63) is 0 Å². The summed E-state index contributed by atoms with van der Waals surface area (Å²) in [6.07, 6.45) is -5.38. The first kappa shape index (κ1) is 19.1. The quantitative estimate of drug-likeness (QED) is 0.103. The minimum Gasteiger partial charge on any atom is -0.387 e. The molecule has 0 radical (unpaired) electrons. The Morgan fingerprint density at radius 3 is 2.24 bits per heavy atom. The second kappa shape index (κ2) is 6.64. The van der Waals surface area contributed by atoms with Crippen LogP contribution in [0.15, 0.2) is 0 Å². The lowest BCUT2D eigenvalue weighted by Gasteiger charge is -2.24. The number of ether oxygens (including phenoxy) is 1. The van der Waals surface area contributed by atoms with E-state index in [1.54, 1.807) is 0 Å². The molecule has 0 aromatic heterocycles. The van der Waals surface area contributed by atoms with Gasteiger partial charge in [-0.05, 0) is 0 Å². The summed E-state index contributed by atoms with van der Waals surface area (Å²) in [6, 6.07) is 0. The van der Waals surface area contributed by atoms with Crippen LogP contribution in [-0.2, 0) is 22.7 Å². The van der Waals surface area contributed by atoms with Crippen molar-refractivity contribution in [3.8, 4) is 0 Å². The van der Waals surface area contributed by atoms with Crippen LogP contribution in [0, 0.1) is 0 Å². The molecule has 0 aromatic rings. The number of hydrogen-bond acceptors (Lipinski definition) is 7. The molecule has 0 amide bonds. The zero-order valence-corrected chi connectivity index (χ0v) is 11.9. The number of aliphatic hydroxyl groups is 3. The van der Waals surface area contributed by atoms with Crippen LogP contribution in [0.3, 0.4) is 0 Å². The molecule has 126 valence electrons. The molecule has 1 saturated heterocycles. The zero-order chi connectivity index (χ0) is 16.5. The van der Waals surface area contributed by atoms with Crippen LogP contribution in [0.5, 0.6) is 0 Å². The fraction of sp³-hybridized carbons (Fsp3) is 1.00. The molecule has 8 N–H and O–H groups in total. The van der Waals surface area contributed by atoms with Crippen molar-refractivity contribution in [3.63, 3.8) is 0 Å². The minimum atomic E-state index is -4.87. The maximum Gasteiger partial charge on any atom is 0.720 e. The third-order valence-corrected chi connectivity index (χ3v) is 3.64. The van der Waals surface area contributed by atoms with E-state index in [0.717, 1.165) is 0 Å². The van der Waals surface area contributed by atoms with E-state index in [9.17, 15) is 19.9 Å². The molecule has 13 nitrogen and oxygen atoms in total. The smallest absolute Gasteiger partial charge is 0.387 e. The van der Waals surface area contributed by atoms with Gasteiger partial charge in [0.05, 0.1) is 6.61 Å². The monoisotopic (exact) mass is 357 g/mol. The van der Waals surface area contributed by atoms with Gasteiger partial charge in [-0.25, -0.2) is 9.09 Å². The Hall–Kier alpha value is 0.0200. The van der Waals surface area contributed by atoms with Gasteiger partial charge in [-0.1, -0.05) is 0 Å². The van der Waals surface area contributed by atoms with Crippen LogP contribution in [0.4, 0.5) is 0 Å². The first-order valence-electron chi connectivity index (χ1n) is 5.19. The lowest BCUT2D eigenvalue weighted by molar-refractivity contribution is -0.312. The van der Waals surface area contributed by atoms with E-state index in [1.165, 1.54) is 0 Å². The van der Waals surface area contributed by atoms with Gasteiger partial charge in [0.25, 0.3) is 0 Å². The summed E-state index contributed by atoms with van der Waals surface area (Å²) in [5.41, 5.74) is 0. The van der Waals surface area contributed by atoms with Crippen LogP contribution in [0.25, 0.3) is 0 Å². The fourth-order valence-corrected chi connectivity index (χ4v) is 2.24. The highest BCUT2D eigenvalue weighted by atomic mass is 31.2. The molecule has 0 aromatic carbocycles. The maximum atomic E-state index is 10.5. The van der Waals surface area contributed by atoms with Crippen LogP contribution >= 0.6 is 15.6 Å². The number of rotatable bonds is 6. The largest absolute Gasteiger partial charge is 0.720 e. The SMILES string of the molecule is O=P(O)(O)OC[C@H]1O[C@](O)(COP(O)(O)=[O+]O)[C@@H](O)[C@@H]1O. The van der Waals surface area contributed by atoms with Crippen molar-refractivity contribution in [2.45, 2.75) is 24.1 Å². The summed E-state index contributed by atoms with van der Waals surface area (Å²) in [6.45, 7) is -2.02. The number of hydrogen-bond donors (Lipinski definition) is 8. The predicted molar refractivity (Wildman–Crippen MR) is 60.5 cm³/mol. The average Bonchev–Trinajstić information content (AvgIpc) is 2.59. The van der Waals surface area contributed by atoms with Gasteiger partial charge in [0, 0.05) is 9.60 Å². The Morgan fingerprint density at radius 2 is 1.76 bits per heavy atom. The topological polar surface area (TPSA) is 218 Å². The Balaban J connectivity index is 2.70. The molecule has 1 aliphatic heterocycles. The summed E-state index contributed by atoms with van der Waals surface area (Å²) in [5.74, 6) is -2.66. The van der Waals surface area contributed by atoms with E-state index in [-0.39, 0.29) is 0 Å². The first-order chi connectivity index (χ1) is 9.40. The Morgan fingerprint density at radius 1 is 1.19 bits per heavy atom. The van der Waals surface area contributed by atoms with Gasteiger partial charge in [-0.3, -0.25) is 14.3 Å². The summed E-state index contributed by atoms with van der Waals surface area (Å²) >= 11 is 0. The summed E-state index contributed by atoms with van der Waals surface area (Å²) < 4.78 is 26.7. The molecule has 1 rings (SSSR count). The van der Waals surface area contributed by atoms with Crippen LogP contribution in [-0.4, -0.2) is 77.5 Å². The lowest BCUT2D eigenvalue weighted by Crippen LogP contribution is -2.46. The van der Waals surface area contributed by atoms with E-state index in [4.69, 9.17) is 29.6 Å².